The van der Waals surface area contributed by atoms with Gasteiger partial charge in [-0.25, -0.2) is 4.98 Å². The van der Waals surface area contributed by atoms with Gasteiger partial charge in [0.25, 0.3) is 5.91 Å². The second kappa shape index (κ2) is 6.65. The van der Waals surface area contributed by atoms with Gasteiger partial charge in [-0.2, -0.15) is 0 Å². The summed E-state index contributed by atoms with van der Waals surface area (Å²) >= 11 is 1.68. The van der Waals surface area contributed by atoms with Crippen LogP contribution in [0, 0.1) is 5.92 Å². The zero-order valence-corrected chi connectivity index (χ0v) is 14.2. The van der Waals surface area contributed by atoms with E-state index in [9.17, 15) is 4.79 Å². The highest BCUT2D eigenvalue weighted by atomic mass is 32.1. The summed E-state index contributed by atoms with van der Waals surface area (Å²) in [6.07, 6.45) is 4.14. The number of nitrogens with one attached hydrogen (secondary N) is 2. The molecule has 124 valence electrons. The summed E-state index contributed by atoms with van der Waals surface area (Å²) in [4.78, 5) is 22.3. The Bertz CT molecular complexity index is 794. The highest BCUT2D eigenvalue weighted by Gasteiger charge is 2.22. The van der Waals surface area contributed by atoms with Crippen LogP contribution >= 0.6 is 11.3 Å². The van der Waals surface area contributed by atoms with Gasteiger partial charge in [0.2, 0.25) is 0 Å². The first-order valence-electron chi connectivity index (χ1n) is 8.30. The molecule has 1 aliphatic rings. The van der Waals surface area contributed by atoms with Gasteiger partial charge in [-0.15, -0.1) is 11.3 Å². The van der Waals surface area contributed by atoms with Crippen molar-refractivity contribution in [2.24, 2.45) is 5.92 Å². The van der Waals surface area contributed by atoms with Crippen LogP contribution in [0.3, 0.4) is 0 Å². The van der Waals surface area contributed by atoms with Gasteiger partial charge in [0, 0.05) is 42.1 Å². The molecule has 2 aromatic heterocycles. The number of carbonyl (C=O) groups is 1. The van der Waals surface area contributed by atoms with Gasteiger partial charge in [0.15, 0.2) is 5.13 Å². The number of para-hydroxylation sites is 1. The minimum absolute atomic E-state index is 0.0300. The Labute approximate surface area is 144 Å². The summed E-state index contributed by atoms with van der Waals surface area (Å²) in [6.45, 7) is 2.72. The van der Waals surface area contributed by atoms with Crippen molar-refractivity contribution in [1.82, 2.24) is 15.3 Å². The van der Waals surface area contributed by atoms with E-state index in [1.165, 1.54) is 0 Å². The molecule has 1 atom stereocenters. The number of nitrogens with zero attached hydrogens (tertiary/aromatic N) is 2. The van der Waals surface area contributed by atoms with E-state index >= 15 is 0 Å². The maximum absolute atomic E-state index is 12.4. The smallest absolute Gasteiger partial charge is 0.267 e. The maximum Gasteiger partial charge on any atom is 0.267 e. The lowest BCUT2D eigenvalue weighted by molar-refractivity contribution is 0.0941. The van der Waals surface area contributed by atoms with Crippen molar-refractivity contribution in [2.75, 3.05) is 24.5 Å². The molecule has 2 N–H and O–H groups in total. The molecule has 0 bridgehead atoms. The van der Waals surface area contributed by atoms with Crippen LogP contribution in [-0.4, -0.2) is 35.5 Å². The van der Waals surface area contributed by atoms with Crippen molar-refractivity contribution in [3.8, 4) is 0 Å². The molecule has 0 aliphatic carbocycles. The fourth-order valence-corrected chi connectivity index (χ4v) is 3.99. The average Bonchev–Trinajstić information content (AvgIpc) is 3.29. The minimum atomic E-state index is -0.0300. The summed E-state index contributed by atoms with van der Waals surface area (Å²) in [5.41, 5.74) is 1.62. The predicted molar refractivity (Wildman–Crippen MR) is 97.7 cm³/mol. The zero-order chi connectivity index (χ0) is 16.4. The van der Waals surface area contributed by atoms with E-state index in [1.807, 2.05) is 41.9 Å². The number of piperidine rings is 1. The first-order valence-corrected chi connectivity index (χ1v) is 9.18. The number of benzene rings is 1. The van der Waals surface area contributed by atoms with Gasteiger partial charge in [0.05, 0.1) is 0 Å². The normalized spacial score (nSPS) is 18.0. The van der Waals surface area contributed by atoms with Crippen LogP contribution in [0.1, 0.15) is 23.3 Å². The van der Waals surface area contributed by atoms with Gasteiger partial charge in [-0.3, -0.25) is 4.79 Å². The van der Waals surface area contributed by atoms with Gasteiger partial charge in [0.1, 0.15) is 5.69 Å². The van der Waals surface area contributed by atoms with E-state index < -0.39 is 0 Å². The summed E-state index contributed by atoms with van der Waals surface area (Å²) in [7, 11) is 0. The molecule has 6 heteroatoms. The number of fused-ring (bicyclic) bond motifs is 1. The second-order valence-corrected chi connectivity index (χ2v) is 7.12. The van der Waals surface area contributed by atoms with E-state index in [1.54, 1.807) is 11.3 Å². The largest absolute Gasteiger partial charge is 0.351 e. The second-order valence-electron chi connectivity index (χ2n) is 6.25. The molecule has 0 spiro atoms. The summed E-state index contributed by atoms with van der Waals surface area (Å²) < 4.78 is 0. The van der Waals surface area contributed by atoms with Crippen LogP contribution < -0.4 is 10.2 Å². The maximum atomic E-state index is 12.4. The molecule has 1 saturated heterocycles. The molecule has 0 saturated carbocycles. The summed E-state index contributed by atoms with van der Waals surface area (Å²) in [6, 6.07) is 9.85. The fourth-order valence-electron chi connectivity index (χ4n) is 3.31. The lowest BCUT2D eigenvalue weighted by atomic mass is 9.98. The molecule has 1 aromatic carbocycles. The molecule has 1 fully saturated rings. The Hall–Kier alpha value is -2.34. The van der Waals surface area contributed by atoms with E-state index in [4.69, 9.17) is 0 Å². The molecule has 24 heavy (non-hydrogen) atoms. The van der Waals surface area contributed by atoms with Crippen LogP contribution in [0.5, 0.6) is 0 Å². The number of aromatic amines is 1. The van der Waals surface area contributed by atoms with Crippen LogP contribution in [0.2, 0.25) is 0 Å². The predicted octanol–water partition coefficient (Wildman–Crippen LogP) is 3.27. The molecule has 3 heterocycles. The number of aromatic nitrogens is 2. The zero-order valence-electron chi connectivity index (χ0n) is 13.4. The van der Waals surface area contributed by atoms with E-state index in [0.717, 1.165) is 42.0 Å². The van der Waals surface area contributed by atoms with Crippen molar-refractivity contribution in [1.29, 1.82) is 0 Å². The third-order valence-electron chi connectivity index (χ3n) is 4.53. The third kappa shape index (κ3) is 3.14. The van der Waals surface area contributed by atoms with Gasteiger partial charge >= 0.3 is 0 Å². The topological polar surface area (TPSA) is 61.0 Å². The lowest BCUT2D eigenvalue weighted by Gasteiger charge is -2.32. The molecule has 1 aliphatic heterocycles. The first kappa shape index (κ1) is 15.2. The van der Waals surface area contributed by atoms with Crippen molar-refractivity contribution in [2.45, 2.75) is 12.8 Å². The molecule has 1 amide bonds. The number of anilines is 1. The van der Waals surface area contributed by atoms with E-state index in [0.29, 0.717) is 18.2 Å². The average molecular weight is 340 g/mol. The molecular formula is C18H20N4OS. The van der Waals surface area contributed by atoms with Crippen LogP contribution in [0.15, 0.2) is 41.9 Å². The highest BCUT2D eigenvalue weighted by molar-refractivity contribution is 7.13. The number of rotatable bonds is 4. The van der Waals surface area contributed by atoms with Gasteiger partial charge < -0.3 is 15.2 Å². The summed E-state index contributed by atoms with van der Waals surface area (Å²) in [5, 5.41) is 7.24. The lowest BCUT2D eigenvalue weighted by Crippen LogP contribution is -2.41. The SMILES string of the molecule is O=C(NCC1CCCN(c2nccs2)C1)c1cc2ccccc2[nH]1. The highest BCUT2D eigenvalue weighted by Crippen LogP contribution is 2.24. The number of H-pyrrole nitrogens is 1. The Kier molecular flexibility index (Phi) is 4.21. The number of hydrogen-bond donors (Lipinski definition) is 2. The number of hydrogen-bond acceptors (Lipinski definition) is 4. The van der Waals surface area contributed by atoms with E-state index in [-0.39, 0.29) is 5.91 Å². The Morgan fingerprint density at radius 2 is 2.33 bits per heavy atom. The standard InChI is InChI=1S/C18H20N4OS/c23-17(16-10-14-5-1-2-6-15(14)21-16)20-11-13-4-3-8-22(12-13)18-19-7-9-24-18/h1-2,5-7,9-10,13,21H,3-4,8,11-12H2,(H,20,23). The molecular weight excluding hydrogens is 320 g/mol. The minimum Gasteiger partial charge on any atom is -0.351 e. The fraction of sp³-hybridized carbons (Fsp3) is 0.333. The molecule has 3 aromatic rings. The Balaban J connectivity index is 1.36. The van der Waals surface area contributed by atoms with Crippen LogP contribution in [0.25, 0.3) is 10.9 Å². The van der Waals surface area contributed by atoms with Gasteiger partial charge in [-0.1, -0.05) is 18.2 Å². The molecule has 1 unspecified atom stereocenters. The van der Waals surface area contributed by atoms with E-state index in [2.05, 4.69) is 20.2 Å². The number of thiazole rings is 1. The Morgan fingerprint density at radius 1 is 1.42 bits per heavy atom. The third-order valence-corrected chi connectivity index (χ3v) is 5.37. The first-order chi connectivity index (χ1) is 11.8. The van der Waals surface area contributed by atoms with Crippen molar-refractivity contribution in [3.63, 3.8) is 0 Å². The van der Waals surface area contributed by atoms with Crippen molar-refractivity contribution in [3.05, 3.63) is 47.6 Å². The monoisotopic (exact) mass is 340 g/mol. The number of carbonyl (C=O) groups excluding carboxylic acids is 1. The molecule has 0 radical (unpaired) electrons. The molecule has 5 nitrogen and oxygen atoms in total. The molecule has 4 rings (SSSR count). The van der Waals surface area contributed by atoms with Crippen LogP contribution in [0.4, 0.5) is 5.13 Å². The quantitative estimate of drug-likeness (QED) is 0.766. The Morgan fingerprint density at radius 3 is 3.17 bits per heavy atom. The van der Waals surface area contributed by atoms with Crippen molar-refractivity contribution < 1.29 is 4.79 Å². The van der Waals surface area contributed by atoms with Gasteiger partial charge in [-0.05, 0) is 30.9 Å². The number of amides is 1. The summed E-state index contributed by atoms with van der Waals surface area (Å²) in [5.74, 6) is 0.438. The van der Waals surface area contributed by atoms with Crippen LogP contribution in [-0.2, 0) is 0 Å². The van der Waals surface area contributed by atoms with Crippen molar-refractivity contribution >= 4 is 33.3 Å².